The maximum absolute atomic E-state index is 10.9. The summed E-state index contributed by atoms with van der Waals surface area (Å²) in [5.41, 5.74) is 0. The van der Waals surface area contributed by atoms with E-state index in [0.717, 1.165) is 0 Å². The first-order valence-electron chi connectivity index (χ1n) is 3.53. The third-order valence-electron chi connectivity index (χ3n) is 1.38. The van der Waals surface area contributed by atoms with Gasteiger partial charge < -0.3 is 5.11 Å². The van der Waals surface area contributed by atoms with Gasteiger partial charge in [0.25, 0.3) is 10.1 Å². The molecular formula is C6H12O5S. The fourth-order valence-corrected chi connectivity index (χ4v) is 1.41. The molecule has 12 heavy (non-hydrogen) atoms. The standard InChI is InChI=1S/C6H12O5S/c1-2-3-5(8)6(4-7)12(9,10)11/h6-7H,2-4H2,1H3,(H,9,10,11). The van der Waals surface area contributed by atoms with E-state index in [1.165, 1.54) is 0 Å². The van der Waals surface area contributed by atoms with Gasteiger partial charge in [-0.15, -0.1) is 0 Å². The van der Waals surface area contributed by atoms with E-state index in [1.54, 1.807) is 6.92 Å². The van der Waals surface area contributed by atoms with Crippen molar-refractivity contribution in [3.63, 3.8) is 0 Å². The van der Waals surface area contributed by atoms with Crippen LogP contribution in [-0.2, 0) is 14.9 Å². The number of ketones is 1. The van der Waals surface area contributed by atoms with E-state index in [4.69, 9.17) is 9.66 Å². The van der Waals surface area contributed by atoms with Crippen LogP contribution in [0.4, 0.5) is 0 Å². The molecule has 0 aliphatic rings. The van der Waals surface area contributed by atoms with E-state index in [2.05, 4.69) is 0 Å². The van der Waals surface area contributed by atoms with Crippen LogP contribution in [0.2, 0.25) is 0 Å². The maximum atomic E-state index is 10.9. The molecule has 0 aromatic carbocycles. The first kappa shape index (κ1) is 11.5. The molecule has 72 valence electrons. The second-order valence-electron chi connectivity index (χ2n) is 2.40. The Hall–Kier alpha value is -0.460. The molecular weight excluding hydrogens is 184 g/mol. The second kappa shape index (κ2) is 4.54. The summed E-state index contributed by atoms with van der Waals surface area (Å²) in [7, 11) is -4.44. The molecule has 0 fully saturated rings. The van der Waals surface area contributed by atoms with Crippen molar-refractivity contribution in [3.8, 4) is 0 Å². The number of carbonyl (C=O) groups excluding carboxylic acids is 1. The van der Waals surface area contributed by atoms with E-state index < -0.39 is 27.8 Å². The van der Waals surface area contributed by atoms with E-state index >= 15 is 0 Å². The zero-order valence-corrected chi connectivity index (χ0v) is 7.54. The maximum Gasteiger partial charge on any atom is 0.277 e. The van der Waals surface area contributed by atoms with Crippen molar-refractivity contribution in [1.82, 2.24) is 0 Å². The van der Waals surface area contributed by atoms with E-state index in [9.17, 15) is 13.2 Å². The van der Waals surface area contributed by atoms with Gasteiger partial charge in [0.15, 0.2) is 11.0 Å². The molecule has 1 atom stereocenters. The molecule has 2 N–H and O–H groups in total. The van der Waals surface area contributed by atoms with Crippen molar-refractivity contribution in [2.75, 3.05) is 6.61 Å². The van der Waals surface area contributed by atoms with Gasteiger partial charge in [0.1, 0.15) is 0 Å². The third-order valence-corrected chi connectivity index (χ3v) is 2.51. The molecule has 1 unspecified atom stereocenters. The quantitative estimate of drug-likeness (QED) is 0.584. The van der Waals surface area contributed by atoms with Gasteiger partial charge in [-0.3, -0.25) is 9.35 Å². The fourth-order valence-electron chi connectivity index (χ4n) is 0.770. The molecule has 0 heterocycles. The number of carbonyl (C=O) groups is 1. The van der Waals surface area contributed by atoms with Crippen LogP contribution in [0, 0.1) is 0 Å². The number of rotatable bonds is 5. The minimum absolute atomic E-state index is 0.0466. The third kappa shape index (κ3) is 3.29. The van der Waals surface area contributed by atoms with Crippen molar-refractivity contribution < 1.29 is 22.9 Å². The smallest absolute Gasteiger partial charge is 0.277 e. The number of aliphatic hydroxyl groups excluding tert-OH is 1. The van der Waals surface area contributed by atoms with Gasteiger partial charge in [0, 0.05) is 6.42 Å². The number of hydrogen-bond acceptors (Lipinski definition) is 4. The highest BCUT2D eigenvalue weighted by Gasteiger charge is 2.28. The molecule has 6 heteroatoms. The highest BCUT2D eigenvalue weighted by Crippen LogP contribution is 2.04. The molecule has 0 bridgehead atoms. The summed E-state index contributed by atoms with van der Waals surface area (Å²) in [5, 5.41) is 6.83. The van der Waals surface area contributed by atoms with Crippen LogP contribution in [0.1, 0.15) is 19.8 Å². The normalized spacial score (nSPS) is 14.2. The van der Waals surface area contributed by atoms with Crippen LogP contribution in [0.15, 0.2) is 0 Å². The summed E-state index contributed by atoms with van der Waals surface area (Å²) in [6.45, 7) is 0.841. The number of Topliss-reactive ketones (excluding diaryl/α,β-unsaturated/α-hetero) is 1. The van der Waals surface area contributed by atoms with Crippen molar-refractivity contribution in [3.05, 3.63) is 0 Å². The summed E-state index contributed by atoms with van der Waals surface area (Å²) in [6.07, 6.45) is 0.538. The zero-order chi connectivity index (χ0) is 9.78. The topological polar surface area (TPSA) is 91.7 Å². The summed E-state index contributed by atoms with van der Waals surface area (Å²) in [5.74, 6) is -0.650. The number of aliphatic hydroxyl groups is 1. The van der Waals surface area contributed by atoms with Crippen LogP contribution in [0.25, 0.3) is 0 Å². The first-order valence-corrected chi connectivity index (χ1v) is 5.03. The minimum atomic E-state index is -4.44. The monoisotopic (exact) mass is 196 g/mol. The van der Waals surface area contributed by atoms with Gasteiger partial charge in [-0.1, -0.05) is 6.92 Å². The van der Waals surface area contributed by atoms with E-state index in [-0.39, 0.29) is 6.42 Å². The van der Waals surface area contributed by atoms with Gasteiger partial charge in [0.2, 0.25) is 0 Å². The molecule has 5 nitrogen and oxygen atoms in total. The molecule has 0 rings (SSSR count). The Labute approximate surface area is 71.1 Å². The molecule has 0 saturated carbocycles. The molecule has 0 radical (unpaired) electrons. The largest absolute Gasteiger partial charge is 0.394 e. The lowest BCUT2D eigenvalue weighted by Gasteiger charge is -2.07. The van der Waals surface area contributed by atoms with Gasteiger partial charge in [-0.05, 0) is 6.42 Å². The van der Waals surface area contributed by atoms with Crippen LogP contribution >= 0.6 is 0 Å². The molecule has 0 aromatic heterocycles. The SMILES string of the molecule is CCCC(=O)C(CO)S(=O)(=O)O. The Bertz CT molecular complexity index is 243. The Kier molecular flexibility index (Phi) is 4.36. The van der Waals surface area contributed by atoms with Crippen molar-refractivity contribution >= 4 is 15.9 Å². The summed E-state index contributed by atoms with van der Waals surface area (Å²) < 4.78 is 29.4. The van der Waals surface area contributed by atoms with E-state index in [1.807, 2.05) is 0 Å². The van der Waals surface area contributed by atoms with Crippen molar-refractivity contribution in [2.45, 2.75) is 25.0 Å². The lowest BCUT2D eigenvalue weighted by molar-refractivity contribution is -0.119. The van der Waals surface area contributed by atoms with E-state index in [0.29, 0.717) is 6.42 Å². The first-order chi connectivity index (χ1) is 5.43. The second-order valence-corrected chi connectivity index (χ2v) is 4.00. The van der Waals surface area contributed by atoms with Crippen LogP contribution < -0.4 is 0 Å². The molecule has 0 aromatic rings. The highest BCUT2D eigenvalue weighted by atomic mass is 32.2. The van der Waals surface area contributed by atoms with Gasteiger partial charge >= 0.3 is 0 Å². The summed E-state index contributed by atoms with van der Waals surface area (Å²) in [4.78, 5) is 10.9. The number of hydrogen-bond donors (Lipinski definition) is 2. The zero-order valence-electron chi connectivity index (χ0n) is 6.73. The Balaban J connectivity index is 4.47. The van der Waals surface area contributed by atoms with Crippen LogP contribution in [0.3, 0.4) is 0 Å². The molecule has 0 spiro atoms. The van der Waals surface area contributed by atoms with Gasteiger partial charge in [0.05, 0.1) is 6.61 Å². The Morgan fingerprint density at radius 1 is 1.50 bits per heavy atom. The van der Waals surface area contributed by atoms with Crippen LogP contribution in [-0.4, -0.2) is 35.7 Å². The van der Waals surface area contributed by atoms with Crippen molar-refractivity contribution in [1.29, 1.82) is 0 Å². The highest BCUT2D eigenvalue weighted by molar-refractivity contribution is 7.87. The minimum Gasteiger partial charge on any atom is -0.394 e. The predicted molar refractivity (Wildman–Crippen MR) is 42.3 cm³/mol. The average Bonchev–Trinajstić information content (AvgIpc) is 1.85. The lowest BCUT2D eigenvalue weighted by atomic mass is 10.2. The lowest BCUT2D eigenvalue weighted by Crippen LogP contribution is -2.33. The van der Waals surface area contributed by atoms with Crippen molar-refractivity contribution in [2.24, 2.45) is 0 Å². The average molecular weight is 196 g/mol. The molecule has 0 amide bonds. The summed E-state index contributed by atoms with van der Waals surface area (Å²) >= 11 is 0. The summed E-state index contributed by atoms with van der Waals surface area (Å²) in [6, 6.07) is 0. The molecule has 0 saturated heterocycles. The fraction of sp³-hybridized carbons (Fsp3) is 0.833. The Morgan fingerprint density at radius 2 is 2.00 bits per heavy atom. The molecule has 0 aliphatic heterocycles. The van der Waals surface area contributed by atoms with Crippen LogP contribution in [0.5, 0.6) is 0 Å². The Morgan fingerprint density at radius 3 is 2.25 bits per heavy atom. The molecule has 0 aliphatic carbocycles. The van der Waals surface area contributed by atoms with Gasteiger partial charge in [-0.2, -0.15) is 8.42 Å². The predicted octanol–water partition coefficient (Wildman–Crippen LogP) is -0.396. The van der Waals surface area contributed by atoms with Gasteiger partial charge in [-0.25, -0.2) is 0 Å².